The second kappa shape index (κ2) is 7.41. The van der Waals surface area contributed by atoms with Crippen LogP contribution < -0.4 is 11.1 Å². The third kappa shape index (κ3) is 3.54. The number of hydrogen-bond acceptors (Lipinski definition) is 6. The molecular formula is C20H18BrN7O3. The van der Waals surface area contributed by atoms with Gasteiger partial charge in [0.1, 0.15) is 23.0 Å². The molecule has 1 saturated heterocycles. The minimum Gasteiger partial charge on any atom is -0.364 e. The maximum Gasteiger partial charge on any atom is 0.269 e. The Balaban J connectivity index is 1.38. The van der Waals surface area contributed by atoms with E-state index in [1.165, 1.54) is 4.68 Å². The fourth-order valence-corrected chi connectivity index (χ4v) is 4.59. The first-order valence-corrected chi connectivity index (χ1v) is 10.6. The Morgan fingerprint density at radius 2 is 2.03 bits per heavy atom. The molecule has 3 aromatic rings. The number of piperidine rings is 1. The van der Waals surface area contributed by atoms with Gasteiger partial charge in [0.2, 0.25) is 11.8 Å². The first-order valence-electron chi connectivity index (χ1n) is 9.78. The summed E-state index contributed by atoms with van der Waals surface area (Å²) in [6, 6.07) is 8.05. The molecule has 3 atom stereocenters. The molecule has 158 valence electrons. The van der Waals surface area contributed by atoms with Crippen molar-refractivity contribution in [1.29, 1.82) is 0 Å². The molecule has 0 bridgehead atoms. The van der Waals surface area contributed by atoms with Crippen LogP contribution in [0.3, 0.4) is 0 Å². The number of primary amides is 1. The van der Waals surface area contributed by atoms with E-state index in [-0.39, 0.29) is 30.1 Å². The number of hydrogen-bond donors (Lipinski definition) is 2. The number of carbonyl (C=O) groups excluding carboxylic acids is 3. The lowest BCUT2D eigenvalue weighted by molar-refractivity contribution is -0.138. The van der Waals surface area contributed by atoms with Crippen LogP contribution in [0.15, 0.2) is 41.1 Å². The fourth-order valence-electron chi connectivity index (χ4n) is 4.25. The summed E-state index contributed by atoms with van der Waals surface area (Å²) in [7, 11) is 0. The summed E-state index contributed by atoms with van der Waals surface area (Å²) in [6.07, 6.45) is 3.06. The average molecular weight is 484 g/mol. The number of amides is 3. The van der Waals surface area contributed by atoms with Crippen molar-refractivity contribution >= 4 is 50.5 Å². The highest BCUT2D eigenvalue weighted by atomic mass is 79.9. The van der Waals surface area contributed by atoms with Gasteiger partial charge in [0.25, 0.3) is 5.91 Å². The minimum atomic E-state index is -0.689. The fraction of sp³-hybridized carbons (Fsp3) is 0.300. The number of pyridine rings is 2. The van der Waals surface area contributed by atoms with Gasteiger partial charge in [-0.3, -0.25) is 14.4 Å². The summed E-state index contributed by atoms with van der Waals surface area (Å²) < 4.78 is 1.98. The Hall–Kier alpha value is -3.34. The number of rotatable bonds is 5. The second-order valence-corrected chi connectivity index (χ2v) is 8.51. The van der Waals surface area contributed by atoms with E-state index >= 15 is 0 Å². The highest BCUT2D eigenvalue weighted by molar-refractivity contribution is 9.10. The molecule has 0 aromatic carbocycles. The largest absolute Gasteiger partial charge is 0.364 e. The predicted molar refractivity (Wildman–Crippen MR) is 114 cm³/mol. The van der Waals surface area contributed by atoms with E-state index in [1.807, 2.05) is 0 Å². The van der Waals surface area contributed by atoms with Crippen molar-refractivity contribution in [2.45, 2.75) is 31.5 Å². The number of nitrogens with two attached hydrogens (primary N) is 1. The molecule has 0 radical (unpaired) electrons. The highest BCUT2D eigenvalue weighted by Gasteiger charge is 2.56. The Bertz CT molecular complexity index is 1230. The second-order valence-electron chi connectivity index (χ2n) is 7.70. The van der Waals surface area contributed by atoms with Crippen LogP contribution in [0.2, 0.25) is 0 Å². The lowest BCUT2D eigenvalue weighted by Gasteiger charge is -2.26. The number of halogens is 1. The maximum absolute atomic E-state index is 13.2. The molecule has 2 fully saturated rings. The zero-order valence-electron chi connectivity index (χ0n) is 16.2. The summed E-state index contributed by atoms with van der Waals surface area (Å²) >= 11 is 3.28. The molecular weight excluding hydrogens is 466 g/mol. The summed E-state index contributed by atoms with van der Waals surface area (Å²) in [5, 5.41) is 7.49. The molecule has 3 N–H and O–H groups in total. The number of aromatic nitrogens is 4. The van der Waals surface area contributed by atoms with Crippen molar-refractivity contribution in [2.24, 2.45) is 11.7 Å². The van der Waals surface area contributed by atoms with Crippen LogP contribution in [-0.4, -0.2) is 54.5 Å². The molecule has 2 aliphatic rings. The van der Waals surface area contributed by atoms with Gasteiger partial charge in [0.15, 0.2) is 11.3 Å². The van der Waals surface area contributed by atoms with Crippen molar-refractivity contribution in [3.63, 3.8) is 0 Å². The molecule has 3 amide bonds. The van der Waals surface area contributed by atoms with Gasteiger partial charge in [-0.05, 0) is 59.0 Å². The van der Waals surface area contributed by atoms with Gasteiger partial charge in [-0.1, -0.05) is 6.07 Å². The molecule has 0 spiro atoms. The smallest absolute Gasteiger partial charge is 0.269 e. The Morgan fingerprint density at radius 1 is 1.19 bits per heavy atom. The number of nitrogens with one attached hydrogen (secondary N) is 1. The van der Waals surface area contributed by atoms with Crippen LogP contribution in [-0.2, 0) is 16.1 Å². The summed E-state index contributed by atoms with van der Waals surface area (Å²) in [6.45, 7) is -0.136. The summed E-state index contributed by atoms with van der Waals surface area (Å²) in [5.74, 6) is -0.471. The number of fused-ring (bicyclic) bond motifs is 2. The molecule has 3 aromatic heterocycles. The number of likely N-dealkylation sites (tertiary alicyclic amines) is 1. The van der Waals surface area contributed by atoms with Crippen LogP contribution in [0.1, 0.15) is 23.3 Å². The monoisotopic (exact) mass is 483 g/mol. The van der Waals surface area contributed by atoms with Gasteiger partial charge in [-0.2, -0.15) is 5.10 Å². The van der Waals surface area contributed by atoms with E-state index in [0.717, 1.165) is 6.42 Å². The van der Waals surface area contributed by atoms with E-state index in [2.05, 4.69) is 36.3 Å². The molecule has 10 nitrogen and oxygen atoms in total. The number of anilines is 1. The summed E-state index contributed by atoms with van der Waals surface area (Å²) in [5.41, 5.74) is 5.89. The van der Waals surface area contributed by atoms with Crippen molar-refractivity contribution < 1.29 is 14.4 Å². The SMILES string of the molecule is NC(=O)c1nn(CC(=O)N2[C@@H]3C[C@@H]3C[C@H]2C(=O)Nc2cccc(Br)n2)c2ncccc12. The van der Waals surface area contributed by atoms with Gasteiger partial charge in [0.05, 0.1) is 5.39 Å². The van der Waals surface area contributed by atoms with Crippen molar-refractivity contribution in [2.75, 3.05) is 5.32 Å². The van der Waals surface area contributed by atoms with E-state index < -0.39 is 11.9 Å². The van der Waals surface area contributed by atoms with Crippen LogP contribution in [0.4, 0.5) is 5.82 Å². The lowest BCUT2D eigenvalue weighted by atomic mass is 10.1. The van der Waals surface area contributed by atoms with Crippen LogP contribution >= 0.6 is 15.9 Å². The normalized spacial score (nSPS) is 21.7. The zero-order chi connectivity index (χ0) is 21.7. The van der Waals surface area contributed by atoms with Crippen molar-refractivity contribution in [1.82, 2.24) is 24.6 Å². The third-order valence-corrected chi connectivity index (χ3v) is 6.13. The Labute approximate surface area is 184 Å². The highest BCUT2D eigenvalue weighted by Crippen LogP contribution is 2.48. The van der Waals surface area contributed by atoms with E-state index in [9.17, 15) is 14.4 Å². The molecule has 0 unspecified atom stereocenters. The van der Waals surface area contributed by atoms with Gasteiger partial charge < -0.3 is 16.0 Å². The Kier molecular flexibility index (Phi) is 4.69. The molecule has 11 heteroatoms. The van der Waals surface area contributed by atoms with E-state index in [1.54, 1.807) is 41.4 Å². The standard InChI is InChI=1S/C20H18BrN7O3/c21-14-4-1-5-15(24-14)25-20(31)13-8-10-7-12(10)28(13)16(29)9-27-19-11(3-2-6-23-19)17(26-27)18(22)30/h1-6,10,12-13H,7-9H2,(H2,22,30)(H,24,25,31)/t10-,12-,13+/m1/s1. The van der Waals surface area contributed by atoms with Crippen LogP contribution in [0, 0.1) is 5.92 Å². The molecule has 1 aliphatic carbocycles. The predicted octanol–water partition coefficient (Wildman–Crippen LogP) is 1.32. The quantitative estimate of drug-likeness (QED) is 0.525. The molecule has 4 heterocycles. The number of carbonyl (C=O) groups is 3. The molecule has 31 heavy (non-hydrogen) atoms. The molecule has 1 aliphatic heterocycles. The molecule has 1 saturated carbocycles. The maximum atomic E-state index is 13.2. The van der Waals surface area contributed by atoms with Crippen LogP contribution in [0.5, 0.6) is 0 Å². The van der Waals surface area contributed by atoms with E-state index in [4.69, 9.17) is 5.73 Å². The number of nitrogens with zero attached hydrogens (tertiary/aromatic N) is 5. The first-order chi connectivity index (χ1) is 14.9. The van der Waals surface area contributed by atoms with Gasteiger partial charge >= 0.3 is 0 Å². The lowest BCUT2D eigenvalue weighted by Crippen LogP contribution is -2.46. The minimum absolute atomic E-state index is 0.0455. The van der Waals surface area contributed by atoms with Crippen molar-refractivity contribution in [3.05, 3.63) is 46.8 Å². The topological polar surface area (TPSA) is 136 Å². The van der Waals surface area contributed by atoms with E-state index in [0.29, 0.717) is 33.8 Å². The van der Waals surface area contributed by atoms with Gasteiger partial charge in [-0.25, -0.2) is 14.6 Å². The van der Waals surface area contributed by atoms with Crippen molar-refractivity contribution in [3.8, 4) is 0 Å². The third-order valence-electron chi connectivity index (χ3n) is 5.69. The van der Waals surface area contributed by atoms with Gasteiger partial charge in [0, 0.05) is 12.2 Å². The van der Waals surface area contributed by atoms with Crippen LogP contribution in [0.25, 0.3) is 11.0 Å². The molecule has 5 rings (SSSR count). The van der Waals surface area contributed by atoms with Gasteiger partial charge in [-0.15, -0.1) is 0 Å². The zero-order valence-corrected chi connectivity index (χ0v) is 17.8. The summed E-state index contributed by atoms with van der Waals surface area (Å²) in [4.78, 5) is 48.0. The Morgan fingerprint density at radius 3 is 2.81 bits per heavy atom. The average Bonchev–Trinajstić information content (AvgIpc) is 3.24. The first kappa shape index (κ1) is 19.6.